The summed E-state index contributed by atoms with van der Waals surface area (Å²) in [6.45, 7) is 2.16. The van der Waals surface area contributed by atoms with Gasteiger partial charge in [0.25, 0.3) is 0 Å². The van der Waals surface area contributed by atoms with Crippen LogP contribution in [0, 0.1) is 6.92 Å². The van der Waals surface area contributed by atoms with Gasteiger partial charge >= 0.3 is 36.2 Å². The molecule has 0 aromatic heterocycles. The third kappa shape index (κ3) is 19.8. The first kappa shape index (κ1) is 45.3. The zero-order valence-electron chi connectivity index (χ0n) is 29.0. The molecule has 3 radical (unpaired) electrons. The van der Waals surface area contributed by atoms with Gasteiger partial charge < -0.3 is 34.3 Å². The molecule has 0 bridgehead atoms. The molecule has 4 rings (SSSR count). The third-order valence-electron chi connectivity index (χ3n) is 6.23. The van der Waals surface area contributed by atoms with Gasteiger partial charge in [0, 0.05) is 41.3 Å². The molecule has 1 fully saturated rings. The monoisotopic (exact) mass is 812 g/mol. The summed E-state index contributed by atoms with van der Waals surface area (Å²) in [5.41, 5.74) is 1.26. The fraction of sp³-hybridized carbons (Fsp3) is 0.139. The van der Waals surface area contributed by atoms with E-state index in [2.05, 4.69) is 27.6 Å². The molecule has 0 aliphatic carbocycles. The molecule has 1 aliphatic heterocycles. The Morgan fingerprint density at radius 1 is 0.679 bits per heavy atom. The zero-order chi connectivity index (χ0) is 41.5. The van der Waals surface area contributed by atoms with E-state index in [9.17, 15) is 39.0 Å². The smallest absolute Gasteiger partial charge is 0.412 e. The molecular formula is C36H35N3O15PS. The van der Waals surface area contributed by atoms with Gasteiger partial charge in [0.2, 0.25) is 0 Å². The van der Waals surface area contributed by atoms with Gasteiger partial charge in [-0.1, -0.05) is 24.0 Å². The predicted molar refractivity (Wildman–Crippen MR) is 204 cm³/mol. The largest absolute Gasteiger partial charge is 0.478 e. The van der Waals surface area contributed by atoms with Gasteiger partial charge in [0.1, 0.15) is 11.6 Å². The maximum atomic E-state index is 11.8. The van der Waals surface area contributed by atoms with Crippen molar-refractivity contribution in [2.24, 2.45) is 0 Å². The Morgan fingerprint density at radius 2 is 1.14 bits per heavy atom. The molecule has 0 saturated carbocycles. The van der Waals surface area contributed by atoms with E-state index in [0.29, 0.717) is 29.2 Å². The normalized spacial score (nSPS) is 15.2. The number of carbonyl (C=O) groups is 6. The molecule has 18 nitrogen and oxygen atoms in total. The second kappa shape index (κ2) is 24.5. The SMILES string of the molecule is O=C(O)C=COc1ccc(NC(=O)OC2C(C=CC(=O)O)[PH]2=S)cc1.[CH2]COC(=O)Nc1ccc([O])cc1.[O]c1ccc(NC(=O)OCCC=CC(=O)O)cc1. The van der Waals surface area contributed by atoms with Crippen molar-refractivity contribution in [3.8, 4) is 17.2 Å². The Morgan fingerprint density at radius 3 is 1.62 bits per heavy atom. The summed E-state index contributed by atoms with van der Waals surface area (Å²) < 4.78 is 19.6. The van der Waals surface area contributed by atoms with Crippen molar-refractivity contribution in [3.63, 3.8) is 0 Å². The lowest BCUT2D eigenvalue weighted by Crippen LogP contribution is -2.16. The molecule has 56 heavy (non-hydrogen) atoms. The number of amides is 3. The summed E-state index contributed by atoms with van der Waals surface area (Å²) in [5.74, 6) is -3.52. The highest BCUT2D eigenvalue weighted by molar-refractivity contribution is 8.09. The number of carboxylic acid groups (broad SMARTS) is 3. The van der Waals surface area contributed by atoms with Crippen LogP contribution < -0.4 is 20.7 Å². The molecular weight excluding hydrogens is 777 g/mol. The van der Waals surface area contributed by atoms with E-state index in [1.165, 1.54) is 60.7 Å². The van der Waals surface area contributed by atoms with Crippen LogP contribution in [-0.2, 0) is 50.6 Å². The molecule has 3 unspecified atom stereocenters. The van der Waals surface area contributed by atoms with Gasteiger partial charge in [0.15, 0.2) is 11.5 Å². The molecule has 3 amide bonds. The number of anilines is 3. The summed E-state index contributed by atoms with van der Waals surface area (Å²) in [6, 6.07) is 17.5. The van der Waals surface area contributed by atoms with Crippen LogP contribution in [0.3, 0.4) is 0 Å². The fourth-order valence-electron chi connectivity index (χ4n) is 3.68. The Balaban J connectivity index is 0.000000307. The Kier molecular flexibility index (Phi) is 19.8. The molecule has 3 aromatic carbocycles. The molecule has 6 N–H and O–H groups in total. The molecule has 1 saturated heterocycles. The number of carboxylic acids is 3. The number of aliphatic carboxylic acids is 3. The number of hydrogen-bond acceptors (Lipinski definition) is 11. The van der Waals surface area contributed by atoms with Crippen molar-refractivity contribution < 1.29 is 73.2 Å². The van der Waals surface area contributed by atoms with Crippen molar-refractivity contribution in [3.05, 3.63) is 116 Å². The van der Waals surface area contributed by atoms with Crippen LogP contribution in [0.1, 0.15) is 6.42 Å². The van der Waals surface area contributed by atoms with Crippen LogP contribution in [-0.4, -0.2) is 76.2 Å². The number of nitrogens with one attached hydrogen (secondary N) is 3. The maximum Gasteiger partial charge on any atom is 0.412 e. The summed E-state index contributed by atoms with van der Waals surface area (Å²) in [4.78, 5) is 64.8. The van der Waals surface area contributed by atoms with Crippen LogP contribution >= 0.6 is 6.70 Å². The van der Waals surface area contributed by atoms with Crippen molar-refractivity contribution in [1.82, 2.24) is 0 Å². The molecule has 20 heteroatoms. The summed E-state index contributed by atoms with van der Waals surface area (Å²) >= 11 is 5.17. The molecule has 295 valence electrons. The van der Waals surface area contributed by atoms with E-state index >= 15 is 0 Å². The summed E-state index contributed by atoms with van der Waals surface area (Å²) in [5, 5.41) is 54.2. The van der Waals surface area contributed by atoms with Crippen LogP contribution in [0.25, 0.3) is 0 Å². The Labute approximate surface area is 325 Å². The summed E-state index contributed by atoms with van der Waals surface area (Å²) in [7, 11) is 0. The average molecular weight is 813 g/mol. The van der Waals surface area contributed by atoms with Crippen molar-refractivity contribution in [2.75, 3.05) is 29.2 Å². The van der Waals surface area contributed by atoms with Crippen molar-refractivity contribution in [2.45, 2.75) is 17.9 Å². The topological polar surface area (TPSA) is 276 Å². The molecule has 3 atom stereocenters. The van der Waals surface area contributed by atoms with Crippen molar-refractivity contribution >= 4 is 71.8 Å². The number of benzene rings is 3. The predicted octanol–water partition coefficient (Wildman–Crippen LogP) is 6.86. The van der Waals surface area contributed by atoms with E-state index in [0.717, 1.165) is 24.5 Å². The number of hydrogen-bond donors (Lipinski definition) is 6. The fourth-order valence-corrected chi connectivity index (χ4v) is 6.44. The first-order valence-electron chi connectivity index (χ1n) is 15.9. The van der Waals surface area contributed by atoms with Gasteiger partial charge in [-0.3, -0.25) is 26.2 Å². The van der Waals surface area contributed by atoms with Gasteiger partial charge in [-0.25, -0.2) is 28.8 Å². The van der Waals surface area contributed by atoms with Gasteiger partial charge in [-0.05, 0) is 86.4 Å². The second-order valence-electron chi connectivity index (χ2n) is 10.5. The van der Waals surface area contributed by atoms with Gasteiger partial charge in [-0.15, -0.1) is 0 Å². The number of ether oxygens (including phenoxy) is 4. The van der Waals surface area contributed by atoms with Crippen LogP contribution in [0.2, 0.25) is 0 Å². The Bertz CT molecular complexity index is 1900. The van der Waals surface area contributed by atoms with Crippen LogP contribution in [0.15, 0.2) is 109 Å². The second-order valence-corrected chi connectivity index (χ2v) is 13.9. The van der Waals surface area contributed by atoms with Crippen molar-refractivity contribution in [1.29, 1.82) is 0 Å². The molecule has 1 heterocycles. The quantitative estimate of drug-likeness (QED) is 0.0319. The average Bonchev–Trinajstić information content (AvgIpc) is 3.75. The minimum absolute atomic E-state index is 0.0749. The number of rotatable bonds is 14. The lowest BCUT2D eigenvalue weighted by atomic mass is 10.3. The summed E-state index contributed by atoms with van der Waals surface area (Å²) in [6.07, 6.45) is 5.12. The first-order valence-corrected chi connectivity index (χ1v) is 18.6. The highest BCUT2D eigenvalue weighted by Gasteiger charge is 2.45. The highest BCUT2D eigenvalue weighted by atomic mass is 32.4. The van der Waals surface area contributed by atoms with E-state index in [-0.39, 0.29) is 30.4 Å². The van der Waals surface area contributed by atoms with Gasteiger partial charge in [-0.2, -0.15) is 0 Å². The number of carbonyl (C=O) groups excluding carboxylic acids is 3. The van der Waals surface area contributed by atoms with E-state index < -0.39 is 48.7 Å². The minimum Gasteiger partial charge on any atom is -0.478 e. The van der Waals surface area contributed by atoms with E-state index in [1.54, 1.807) is 24.3 Å². The third-order valence-corrected chi connectivity index (χ3v) is 9.55. The highest BCUT2D eigenvalue weighted by Crippen LogP contribution is 2.58. The van der Waals surface area contributed by atoms with E-state index in [4.69, 9.17) is 41.3 Å². The van der Waals surface area contributed by atoms with Gasteiger partial charge in [0.05, 0.1) is 25.6 Å². The van der Waals surface area contributed by atoms with Crippen LogP contribution in [0.4, 0.5) is 31.4 Å². The van der Waals surface area contributed by atoms with E-state index in [1.807, 2.05) is 0 Å². The molecule has 0 spiro atoms. The minimum atomic E-state index is -1.34. The first-order chi connectivity index (χ1) is 26.7. The lowest BCUT2D eigenvalue weighted by Gasteiger charge is -2.06. The Hall–Kier alpha value is -6.85. The lowest BCUT2D eigenvalue weighted by molar-refractivity contribution is -0.132. The standard InChI is InChI=1S/C15H14NO7PS.C12H12NO5.C9H9NO3/c17-12(18)6-5-11-14(24(11)25)23-15(21)16-9-1-3-10(4-2-9)22-8-7-13(19)20;14-10-6-4-9(5-7-10)13-12(17)18-8-2-1-3-11(15)16;1-2-13-9(12)10-7-3-5-8(11)6-4-7/h1-8,11,14,24H,(H,16,21)(H,17,18)(H,19,20);1,3-7H,2,8H2,(H,13,17)(H,15,16);3-6H,1-2H2,(H,10,12). The molecule has 3 aromatic rings. The van der Waals surface area contributed by atoms with Crippen LogP contribution in [0.5, 0.6) is 17.2 Å². The molecule has 1 aliphatic rings. The maximum absolute atomic E-state index is 11.8. The zero-order valence-corrected chi connectivity index (χ0v) is 30.8.